The fraction of sp³-hybridized carbons (Fsp3) is 0.385. The number of nitrogen functional groups attached to an aromatic ring is 1. The highest BCUT2D eigenvalue weighted by molar-refractivity contribution is 9.10. The molecule has 4 N–H and O–H groups in total. The molecular formula is C13H18BrN3O2. The van der Waals surface area contributed by atoms with Crippen molar-refractivity contribution in [3.8, 4) is 0 Å². The van der Waals surface area contributed by atoms with Crippen LogP contribution in [0.3, 0.4) is 0 Å². The standard InChI is InChI=1S/C13H18BrN3O2/c1-13(2,3)17-11(18)7-16-12(19)8-4-5-9(14)10(15)6-8/h4-6H,7,15H2,1-3H3,(H,16,19)(H,17,18). The van der Waals surface area contributed by atoms with Gasteiger partial charge in [-0.05, 0) is 54.9 Å². The van der Waals surface area contributed by atoms with E-state index < -0.39 is 0 Å². The van der Waals surface area contributed by atoms with Crippen molar-refractivity contribution in [1.29, 1.82) is 0 Å². The summed E-state index contributed by atoms with van der Waals surface area (Å²) in [6.07, 6.45) is 0. The molecule has 0 heterocycles. The lowest BCUT2D eigenvalue weighted by Gasteiger charge is -2.20. The van der Waals surface area contributed by atoms with Crippen molar-refractivity contribution < 1.29 is 9.59 Å². The van der Waals surface area contributed by atoms with Gasteiger partial charge in [-0.25, -0.2) is 0 Å². The van der Waals surface area contributed by atoms with Crippen LogP contribution in [0.1, 0.15) is 31.1 Å². The van der Waals surface area contributed by atoms with Crippen LogP contribution < -0.4 is 16.4 Å². The zero-order valence-corrected chi connectivity index (χ0v) is 12.8. The maximum Gasteiger partial charge on any atom is 0.251 e. The quantitative estimate of drug-likeness (QED) is 0.738. The Balaban J connectivity index is 2.56. The minimum absolute atomic E-state index is 0.0634. The van der Waals surface area contributed by atoms with Gasteiger partial charge >= 0.3 is 0 Å². The minimum Gasteiger partial charge on any atom is -0.398 e. The van der Waals surface area contributed by atoms with Gasteiger partial charge in [0.2, 0.25) is 5.91 Å². The van der Waals surface area contributed by atoms with Crippen molar-refractivity contribution in [2.24, 2.45) is 0 Å². The number of hydrogen-bond donors (Lipinski definition) is 3. The highest BCUT2D eigenvalue weighted by atomic mass is 79.9. The lowest BCUT2D eigenvalue weighted by molar-refractivity contribution is -0.121. The van der Waals surface area contributed by atoms with Crippen LogP contribution in [-0.4, -0.2) is 23.9 Å². The lowest BCUT2D eigenvalue weighted by Crippen LogP contribution is -2.45. The van der Waals surface area contributed by atoms with E-state index in [4.69, 9.17) is 5.73 Å². The van der Waals surface area contributed by atoms with E-state index in [0.717, 1.165) is 4.47 Å². The monoisotopic (exact) mass is 327 g/mol. The molecule has 0 aliphatic rings. The summed E-state index contributed by atoms with van der Waals surface area (Å²) in [6.45, 7) is 5.57. The normalized spacial score (nSPS) is 10.9. The van der Waals surface area contributed by atoms with Gasteiger partial charge in [-0.3, -0.25) is 9.59 Å². The second-order valence-electron chi connectivity index (χ2n) is 5.22. The molecule has 5 nitrogen and oxygen atoms in total. The maximum atomic E-state index is 11.8. The summed E-state index contributed by atoms with van der Waals surface area (Å²) in [5, 5.41) is 5.31. The van der Waals surface area contributed by atoms with E-state index in [2.05, 4.69) is 26.6 Å². The predicted octanol–water partition coefficient (Wildman–Crippen LogP) is 1.68. The van der Waals surface area contributed by atoms with E-state index in [1.165, 1.54) is 0 Å². The molecule has 1 aromatic rings. The van der Waals surface area contributed by atoms with Gasteiger partial charge in [0.25, 0.3) is 5.91 Å². The molecule has 104 valence electrons. The molecule has 0 unspecified atom stereocenters. The van der Waals surface area contributed by atoms with Crippen LogP contribution in [-0.2, 0) is 4.79 Å². The summed E-state index contributed by atoms with van der Waals surface area (Å²) in [6, 6.07) is 4.89. The van der Waals surface area contributed by atoms with E-state index in [1.807, 2.05) is 20.8 Å². The SMILES string of the molecule is CC(C)(C)NC(=O)CNC(=O)c1ccc(Br)c(N)c1. The number of hydrogen-bond acceptors (Lipinski definition) is 3. The number of benzene rings is 1. The fourth-order valence-corrected chi connectivity index (χ4v) is 1.66. The Bertz CT molecular complexity index is 495. The van der Waals surface area contributed by atoms with Crippen molar-refractivity contribution in [2.45, 2.75) is 26.3 Å². The van der Waals surface area contributed by atoms with E-state index >= 15 is 0 Å². The van der Waals surface area contributed by atoms with Gasteiger partial charge in [0.1, 0.15) is 0 Å². The number of anilines is 1. The molecule has 2 amide bonds. The Hall–Kier alpha value is -1.56. The molecule has 1 aromatic carbocycles. The zero-order valence-electron chi connectivity index (χ0n) is 11.2. The molecule has 0 aromatic heterocycles. The summed E-state index contributed by atoms with van der Waals surface area (Å²) >= 11 is 3.25. The molecule has 0 atom stereocenters. The molecule has 0 aliphatic carbocycles. The maximum absolute atomic E-state index is 11.8. The highest BCUT2D eigenvalue weighted by Gasteiger charge is 2.14. The second-order valence-corrected chi connectivity index (χ2v) is 6.07. The molecule has 0 aliphatic heterocycles. The second kappa shape index (κ2) is 6.06. The van der Waals surface area contributed by atoms with E-state index in [9.17, 15) is 9.59 Å². The number of halogens is 1. The smallest absolute Gasteiger partial charge is 0.251 e. The molecule has 0 fully saturated rings. The van der Waals surface area contributed by atoms with Crippen molar-refractivity contribution in [2.75, 3.05) is 12.3 Å². The summed E-state index contributed by atoms with van der Waals surface area (Å²) in [5.74, 6) is -0.561. The van der Waals surface area contributed by atoms with Crippen LogP contribution in [0.2, 0.25) is 0 Å². The number of carbonyl (C=O) groups excluding carboxylic acids is 2. The number of carbonyl (C=O) groups is 2. The van der Waals surface area contributed by atoms with Crippen LogP contribution in [0.5, 0.6) is 0 Å². The number of nitrogens with one attached hydrogen (secondary N) is 2. The molecule has 0 saturated carbocycles. The molecule has 1 rings (SSSR count). The summed E-state index contributed by atoms with van der Waals surface area (Å²) in [7, 11) is 0. The first-order valence-electron chi connectivity index (χ1n) is 5.83. The molecule has 0 bridgehead atoms. The molecular weight excluding hydrogens is 310 g/mol. The Morgan fingerprint density at radius 2 is 1.95 bits per heavy atom. The van der Waals surface area contributed by atoms with Gasteiger partial charge in [0.05, 0.1) is 6.54 Å². The van der Waals surface area contributed by atoms with Gasteiger partial charge in [-0.1, -0.05) is 0 Å². The van der Waals surface area contributed by atoms with Crippen LogP contribution in [0.15, 0.2) is 22.7 Å². The summed E-state index contributed by atoms with van der Waals surface area (Å²) in [5.41, 5.74) is 6.27. The van der Waals surface area contributed by atoms with Crippen molar-refractivity contribution in [3.63, 3.8) is 0 Å². The Morgan fingerprint density at radius 1 is 1.32 bits per heavy atom. The number of nitrogens with two attached hydrogens (primary N) is 1. The first-order valence-corrected chi connectivity index (χ1v) is 6.62. The number of rotatable bonds is 3. The van der Waals surface area contributed by atoms with E-state index in [-0.39, 0.29) is 23.9 Å². The third-order valence-corrected chi connectivity index (χ3v) is 2.90. The number of amides is 2. The third-order valence-electron chi connectivity index (χ3n) is 2.18. The van der Waals surface area contributed by atoms with Gasteiger partial charge in [-0.15, -0.1) is 0 Å². The lowest BCUT2D eigenvalue weighted by atomic mass is 10.1. The molecule has 0 radical (unpaired) electrons. The summed E-state index contributed by atoms with van der Waals surface area (Å²) in [4.78, 5) is 23.4. The Morgan fingerprint density at radius 3 is 2.47 bits per heavy atom. The van der Waals surface area contributed by atoms with Gasteiger partial charge < -0.3 is 16.4 Å². The Labute approximate surface area is 121 Å². The van der Waals surface area contributed by atoms with Gasteiger partial charge in [0.15, 0.2) is 0 Å². The third kappa shape index (κ3) is 5.30. The molecule has 6 heteroatoms. The molecule has 0 spiro atoms. The Kier molecular flexibility index (Phi) is 4.94. The van der Waals surface area contributed by atoms with Gasteiger partial charge in [-0.2, -0.15) is 0 Å². The largest absolute Gasteiger partial charge is 0.398 e. The zero-order chi connectivity index (χ0) is 14.6. The van der Waals surface area contributed by atoms with Crippen molar-refractivity contribution >= 4 is 33.4 Å². The highest BCUT2D eigenvalue weighted by Crippen LogP contribution is 2.19. The van der Waals surface area contributed by atoms with Crippen LogP contribution in [0.25, 0.3) is 0 Å². The van der Waals surface area contributed by atoms with E-state index in [1.54, 1.807) is 18.2 Å². The topological polar surface area (TPSA) is 84.2 Å². The molecule has 19 heavy (non-hydrogen) atoms. The first-order chi connectivity index (χ1) is 8.69. The van der Waals surface area contributed by atoms with Crippen LogP contribution in [0.4, 0.5) is 5.69 Å². The van der Waals surface area contributed by atoms with Crippen molar-refractivity contribution in [3.05, 3.63) is 28.2 Å². The van der Waals surface area contributed by atoms with E-state index in [0.29, 0.717) is 11.3 Å². The van der Waals surface area contributed by atoms with Crippen LogP contribution in [0, 0.1) is 0 Å². The average Bonchev–Trinajstić information content (AvgIpc) is 2.27. The fourth-order valence-electron chi connectivity index (χ4n) is 1.41. The molecule has 0 saturated heterocycles. The van der Waals surface area contributed by atoms with Crippen molar-refractivity contribution in [1.82, 2.24) is 10.6 Å². The van der Waals surface area contributed by atoms with Crippen LogP contribution >= 0.6 is 15.9 Å². The first kappa shape index (κ1) is 15.5. The summed E-state index contributed by atoms with van der Waals surface area (Å²) < 4.78 is 0.731. The predicted molar refractivity (Wildman–Crippen MR) is 78.8 cm³/mol. The van der Waals surface area contributed by atoms with Gasteiger partial charge in [0, 0.05) is 21.3 Å². The minimum atomic E-state index is -0.330. The average molecular weight is 328 g/mol.